The number of hydrogen-bond donors (Lipinski definition) is 2. The highest BCUT2D eigenvalue weighted by Gasteiger charge is 2.18. The Balaban J connectivity index is 1.98. The number of amides is 1. The van der Waals surface area contributed by atoms with Crippen molar-refractivity contribution in [2.75, 3.05) is 25.0 Å². The maximum atomic E-state index is 12.6. The van der Waals surface area contributed by atoms with Gasteiger partial charge in [0.05, 0.1) is 17.6 Å². The van der Waals surface area contributed by atoms with Crippen molar-refractivity contribution in [2.24, 2.45) is 0 Å². The van der Waals surface area contributed by atoms with Crippen LogP contribution in [-0.2, 0) is 19.6 Å². The Morgan fingerprint density at radius 2 is 1.77 bits per heavy atom. The summed E-state index contributed by atoms with van der Waals surface area (Å²) in [6, 6.07) is 11.8. The second kappa shape index (κ2) is 11.2. The van der Waals surface area contributed by atoms with E-state index in [0.29, 0.717) is 18.0 Å². The van der Waals surface area contributed by atoms with Crippen LogP contribution in [0.2, 0.25) is 0 Å². The maximum absolute atomic E-state index is 12.6. The molecule has 0 saturated carbocycles. The number of nitrogens with one attached hydrogen (secondary N) is 2. The fraction of sp³-hybridized carbons (Fsp3) is 0.333. The van der Waals surface area contributed by atoms with Gasteiger partial charge in [-0.05, 0) is 48.9 Å². The summed E-state index contributed by atoms with van der Waals surface area (Å²) in [7, 11) is -2.40. The third kappa shape index (κ3) is 7.07. The molecule has 1 amide bonds. The van der Waals surface area contributed by atoms with Crippen molar-refractivity contribution in [3.05, 3.63) is 54.1 Å². The summed E-state index contributed by atoms with van der Waals surface area (Å²) in [5.74, 6) is -0.582. The van der Waals surface area contributed by atoms with Crippen molar-refractivity contribution >= 4 is 27.6 Å². The number of carbonyl (C=O) groups is 2. The Morgan fingerprint density at radius 3 is 2.43 bits per heavy atom. The second-order valence-electron chi connectivity index (χ2n) is 6.50. The lowest BCUT2D eigenvalue weighted by atomic mass is 10.2. The zero-order valence-electron chi connectivity index (χ0n) is 17.0. The van der Waals surface area contributed by atoms with Crippen molar-refractivity contribution in [1.29, 1.82) is 0 Å². The molecule has 0 heterocycles. The van der Waals surface area contributed by atoms with Gasteiger partial charge < -0.3 is 14.8 Å². The van der Waals surface area contributed by atoms with E-state index in [9.17, 15) is 18.0 Å². The number of rotatable bonds is 11. The van der Waals surface area contributed by atoms with Gasteiger partial charge >= 0.3 is 5.97 Å². The lowest BCUT2D eigenvalue weighted by molar-refractivity contribution is -0.124. The van der Waals surface area contributed by atoms with Crippen molar-refractivity contribution in [1.82, 2.24) is 5.32 Å². The predicted octanol–water partition coefficient (Wildman–Crippen LogP) is 2.96. The predicted molar refractivity (Wildman–Crippen MR) is 113 cm³/mol. The molecule has 0 radical (unpaired) electrons. The number of anilines is 1. The van der Waals surface area contributed by atoms with Crippen molar-refractivity contribution in [3.8, 4) is 5.75 Å². The number of unbranched alkanes of at least 4 members (excludes halogenated alkanes) is 2. The van der Waals surface area contributed by atoms with E-state index in [1.54, 1.807) is 24.3 Å². The van der Waals surface area contributed by atoms with Gasteiger partial charge in [-0.25, -0.2) is 13.2 Å². The van der Waals surface area contributed by atoms with E-state index in [-0.39, 0.29) is 10.5 Å². The van der Waals surface area contributed by atoms with E-state index in [2.05, 4.69) is 17.0 Å². The highest BCUT2D eigenvalue weighted by Crippen LogP contribution is 2.20. The van der Waals surface area contributed by atoms with Gasteiger partial charge in [0.1, 0.15) is 5.75 Å². The summed E-state index contributed by atoms with van der Waals surface area (Å²) in [6.45, 7) is 2.16. The highest BCUT2D eigenvalue weighted by molar-refractivity contribution is 7.92. The zero-order chi connectivity index (χ0) is 22.0. The summed E-state index contributed by atoms with van der Waals surface area (Å²) < 4.78 is 37.7. The molecule has 2 N–H and O–H groups in total. The van der Waals surface area contributed by atoms with Crippen LogP contribution < -0.4 is 14.8 Å². The standard InChI is InChI=1S/C21H26N2O6S/c1-3-4-5-13-22-20(24)15-29-21(25)16-7-6-8-19(14-16)30(26,27)23-17-9-11-18(28-2)12-10-17/h6-12,14,23H,3-5,13,15H2,1-2H3,(H,22,24). The van der Waals surface area contributed by atoms with Crippen molar-refractivity contribution < 1.29 is 27.5 Å². The normalized spacial score (nSPS) is 10.9. The highest BCUT2D eigenvalue weighted by atomic mass is 32.2. The molecule has 0 aliphatic rings. The molecule has 30 heavy (non-hydrogen) atoms. The first kappa shape index (κ1) is 23.2. The molecule has 0 fully saturated rings. The molecule has 2 aromatic carbocycles. The van der Waals surface area contributed by atoms with Gasteiger partial charge in [-0.1, -0.05) is 25.8 Å². The minimum absolute atomic E-state index is 0.0337. The van der Waals surface area contributed by atoms with E-state index in [4.69, 9.17) is 9.47 Å². The van der Waals surface area contributed by atoms with Crippen LogP contribution in [0.1, 0.15) is 36.5 Å². The molecule has 9 heteroatoms. The molecule has 2 aromatic rings. The minimum Gasteiger partial charge on any atom is -0.497 e. The second-order valence-corrected chi connectivity index (χ2v) is 8.18. The van der Waals surface area contributed by atoms with E-state index in [0.717, 1.165) is 19.3 Å². The fourth-order valence-electron chi connectivity index (χ4n) is 2.53. The van der Waals surface area contributed by atoms with Crippen LogP contribution in [0.15, 0.2) is 53.4 Å². The lowest BCUT2D eigenvalue weighted by Gasteiger charge is -2.10. The van der Waals surface area contributed by atoms with Gasteiger partial charge in [-0.3, -0.25) is 9.52 Å². The molecule has 0 saturated heterocycles. The van der Waals surface area contributed by atoms with E-state index in [1.807, 2.05) is 0 Å². The third-order valence-electron chi connectivity index (χ3n) is 4.16. The number of methoxy groups -OCH3 is 1. The molecule has 2 rings (SSSR count). The van der Waals surface area contributed by atoms with E-state index < -0.39 is 28.5 Å². The first-order chi connectivity index (χ1) is 14.4. The van der Waals surface area contributed by atoms with Crippen LogP contribution >= 0.6 is 0 Å². The van der Waals surface area contributed by atoms with Gasteiger partial charge in [0.15, 0.2) is 6.61 Å². The van der Waals surface area contributed by atoms with Gasteiger partial charge in [-0.15, -0.1) is 0 Å². The smallest absolute Gasteiger partial charge is 0.338 e. The number of benzene rings is 2. The Kier molecular flexibility index (Phi) is 8.67. The number of esters is 1. The topological polar surface area (TPSA) is 111 Å². The fourth-order valence-corrected chi connectivity index (χ4v) is 3.64. The molecular formula is C21H26N2O6S. The Hall–Kier alpha value is -3.07. The minimum atomic E-state index is -3.92. The Morgan fingerprint density at radius 1 is 1.03 bits per heavy atom. The average molecular weight is 435 g/mol. The van der Waals surface area contributed by atoms with Crippen LogP contribution in [0.25, 0.3) is 0 Å². The lowest BCUT2D eigenvalue weighted by Crippen LogP contribution is -2.29. The molecule has 0 unspecified atom stereocenters. The quantitative estimate of drug-likeness (QED) is 0.416. The van der Waals surface area contributed by atoms with Gasteiger partial charge in [0.2, 0.25) is 0 Å². The first-order valence-corrected chi connectivity index (χ1v) is 11.0. The number of sulfonamides is 1. The summed E-state index contributed by atoms with van der Waals surface area (Å²) in [6.07, 6.45) is 2.90. The average Bonchev–Trinajstić information content (AvgIpc) is 2.75. The van der Waals surface area contributed by atoms with Crippen LogP contribution in [-0.4, -0.2) is 40.6 Å². The summed E-state index contributed by atoms with van der Waals surface area (Å²) in [5.41, 5.74) is 0.384. The largest absolute Gasteiger partial charge is 0.497 e. The van der Waals surface area contributed by atoms with E-state index >= 15 is 0 Å². The number of carbonyl (C=O) groups excluding carboxylic acids is 2. The van der Waals surface area contributed by atoms with Gasteiger partial charge in [0, 0.05) is 12.2 Å². The van der Waals surface area contributed by atoms with Crippen LogP contribution in [0.5, 0.6) is 5.75 Å². The van der Waals surface area contributed by atoms with Crippen molar-refractivity contribution in [3.63, 3.8) is 0 Å². The monoisotopic (exact) mass is 434 g/mol. The molecule has 0 bridgehead atoms. The van der Waals surface area contributed by atoms with Gasteiger partial charge in [0.25, 0.3) is 15.9 Å². The molecule has 8 nitrogen and oxygen atoms in total. The maximum Gasteiger partial charge on any atom is 0.338 e. The molecule has 0 spiro atoms. The molecule has 0 aliphatic heterocycles. The summed E-state index contributed by atoms with van der Waals surface area (Å²) in [4.78, 5) is 23.8. The molecule has 0 aromatic heterocycles. The number of hydrogen-bond acceptors (Lipinski definition) is 6. The van der Waals surface area contributed by atoms with Gasteiger partial charge in [-0.2, -0.15) is 0 Å². The van der Waals surface area contributed by atoms with Crippen LogP contribution in [0.4, 0.5) is 5.69 Å². The molecule has 0 aliphatic carbocycles. The van der Waals surface area contributed by atoms with E-state index in [1.165, 1.54) is 31.4 Å². The van der Waals surface area contributed by atoms with Crippen molar-refractivity contribution in [2.45, 2.75) is 31.1 Å². The zero-order valence-corrected chi connectivity index (χ0v) is 17.8. The third-order valence-corrected chi connectivity index (χ3v) is 5.54. The number of ether oxygens (including phenoxy) is 2. The first-order valence-electron chi connectivity index (χ1n) is 9.56. The van der Waals surface area contributed by atoms with Crippen LogP contribution in [0.3, 0.4) is 0 Å². The Labute approximate surface area is 176 Å². The molecule has 0 atom stereocenters. The molecular weight excluding hydrogens is 408 g/mol. The summed E-state index contributed by atoms with van der Waals surface area (Å²) in [5, 5.41) is 2.66. The molecule has 162 valence electrons. The summed E-state index contributed by atoms with van der Waals surface area (Å²) >= 11 is 0. The Bertz CT molecular complexity index is 958. The van der Waals surface area contributed by atoms with Crippen LogP contribution in [0, 0.1) is 0 Å². The SMILES string of the molecule is CCCCCNC(=O)COC(=O)c1cccc(S(=O)(=O)Nc2ccc(OC)cc2)c1.